The molecule has 2 aliphatic rings. The number of hydrogen-bond donors (Lipinski definition) is 2. The molecule has 0 aromatic heterocycles. The number of benzene rings is 2. The maximum absolute atomic E-state index is 13.8. The Morgan fingerprint density at radius 1 is 1.11 bits per heavy atom. The summed E-state index contributed by atoms with van der Waals surface area (Å²) >= 11 is 0. The van der Waals surface area contributed by atoms with E-state index in [-0.39, 0.29) is 23.7 Å². The van der Waals surface area contributed by atoms with Gasteiger partial charge in [0.1, 0.15) is 0 Å². The molecular weight excluding hydrogens is 454 g/mol. The molecule has 1 heterocycles. The molecule has 36 heavy (non-hydrogen) atoms. The summed E-state index contributed by atoms with van der Waals surface area (Å²) in [6, 6.07) is 13.2. The van der Waals surface area contributed by atoms with Crippen LogP contribution in [0.2, 0.25) is 0 Å². The van der Waals surface area contributed by atoms with E-state index in [9.17, 15) is 9.59 Å². The van der Waals surface area contributed by atoms with Crippen LogP contribution in [0.5, 0.6) is 11.5 Å². The number of amides is 1. The lowest BCUT2D eigenvalue weighted by molar-refractivity contribution is -0.120. The highest BCUT2D eigenvalue weighted by molar-refractivity contribution is 6.02. The van der Waals surface area contributed by atoms with Gasteiger partial charge in [0.15, 0.2) is 17.3 Å². The molecular formula is C29H37N3O4. The Kier molecular flexibility index (Phi) is 7.29. The van der Waals surface area contributed by atoms with Gasteiger partial charge in [-0.1, -0.05) is 45.9 Å². The maximum atomic E-state index is 13.8. The number of anilines is 2. The third-order valence-electron chi connectivity index (χ3n) is 6.75. The number of allylic oxidation sites excluding steroid dienone is 1. The molecule has 4 rings (SSSR count). The first kappa shape index (κ1) is 25.6. The molecule has 0 spiro atoms. The van der Waals surface area contributed by atoms with Gasteiger partial charge in [0.05, 0.1) is 38.2 Å². The van der Waals surface area contributed by atoms with Crippen molar-refractivity contribution in [2.75, 3.05) is 37.5 Å². The van der Waals surface area contributed by atoms with Crippen LogP contribution in [-0.4, -0.2) is 39.0 Å². The van der Waals surface area contributed by atoms with E-state index < -0.39 is 6.04 Å². The van der Waals surface area contributed by atoms with Gasteiger partial charge in [0.2, 0.25) is 5.91 Å². The SMILES string of the molecule is COc1ccc(C2C3=C(CC(C)(C)CC3=O)Nc3ccccc3N2CC(=O)NCC(C)C)cc1OC. The molecule has 0 fully saturated rings. The highest BCUT2D eigenvalue weighted by Gasteiger charge is 2.42. The van der Waals surface area contributed by atoms with Crippen LogP contribution >= 0.6 is 0 Å². The lowest BCUT2D eigenvalue weighted by Gasteiger charge is -2.38. The molecule has 0 radical (unpaired) electrons. The minimum absolute atomic E-state index is 0.0865. The van der Waals surface area contributed by atoms with E-state index >= 15 is 0 Å². The lowest BCUT2D eigenvalue weighted by atomic mass is 9.73. The van der Waals surface area contributed by atoms with Crippen molar-refractivity contribution in [3.63, 3.8) is 0 Å². The first-order chi connectivity index (χ1) is 17.1. The van der Waals surface area contributed by atoms with Crippen LogP contribution in [0.25, 0.3) is 0 Å². The Morgan fingerprint density at radius 3 is 2.53 bits per heavy atom. The van der Waals surface area contributed by atoms with Crippen LogP contribution in [0, 0.1) is 11.3 Å². The van der Waals surface area contributed by atoms with Gasteiger partial charge >= 0.3 is 0 Å². The highest BCUT2D eigenvalue weighted by Crippen LogP contribution is 2.48. The zero-order chi connectivity index (χ0) is 26.0. The number of para-hydroxylation sites is 2. The van der Waals surface area contributed by atoms with Gasteiger partial charge in [-0.2, -0.15) is 0 Å². The fraction of sp³-hybridized carbons (Fsp3) is 0.448. The normalized spacial score (nSPS) is 18.7. The van der Waals surface area contributed by atoms with Crippen molar-refractivity contribution in [2.45, 2.75) is 46.6 Å². The van der Waals surface area contributed by atoms with Crippen LogP contribution in [0.4, 0.5) is 11.4 Å². The third-order valence-corrected chi connectivity index (χ3v) is 6.75. The average Bonchev–Trinajstić information content (AvgIpc) is 2.96. The second-order valence-corrected chi connectivity index (χ2v) is 10.8. The molecule has 1 unspecified atom stereocenters. The zero-order valence-corrected chi connectivity index (χ0v) is 22.1. The Bertz CT molecular complexity index is 1180. The second-order valence-electron chi connectivity index (χ2n) is 10.8. The van der Waals surface area contributed by atoms with E-state index in [1.54, 1.807) is 14.2 Å². The smallest absolute Gasteiger partial charge is 0.239 e. The summed E-state index contributed by atoms with van der Waals surface area (Å²) in [6.45, 7) is 9.08. The standard InChI is InChI=1S/C29H37N3O4/c1-18(2)16-30-26(34)17-32-22-10-8-7-9-20(22)31-21-14-29(3,4)15-23(33)27(21)28(32)19-11-12-24(35-5)25(13-19)36-6/h7-13,18,28,31H,14-17H2,1-6H3,(H,30,34). The molecule has 0 bridgehead atoms. The molecule has 1 amide bonds. The van der Waals surface area contributed by atoms with E-state index in [4.69, 9.17) is 9.47 Å². The summed E-state index contributed by atoms with van der Waals surface area (Å²) in [6.07, 6.45) is 1.18. The molecule has 7 heteroatoms. The number of methoxy groups -OCH3 is 2. The van der Waals surface area contributed by atoms with Gasteiger partial charge in [0.25, 0.3) is 0 Å². The first-order valence-corrected chi connectivity index (χ1v) is 12.5. The van der Waals surface area contributed by atoms with E-state index in [2.05, 4.69) is 38.3 Å². The molecule has 2 aromatic rings. The second kappa shape index (κ2) is 10.2. The molecule has 2 N–H and O–H groups in total. The Labute approximate surface area is 213 Å². The minimum Gasteiger partial charge on any atom is -0.493 e. The molecule has 0 saturated heterocycles. The van der Waals surface area contributed by atoms with E-state index in [1.165, 1.54) is 0 Å². The maximum Gasteiger partial charge on any atom is 0.239 e. The number of hydrogen-bond acceptors (Lipinski definition) is 6. The van der Waals surface area contributed by atoms with Crippen LogP contribution in [0.1, 0.15) is 52.1 Å². The minimum atomic E-state index is -0.468. The number of nitrogens with one attached hydrogen (secondary N) is 2. The number of nitrogens with zero attached hydrogens (tertiary/aromatic N) is 1. The number of fused-ring (bicyclic) bond motifs is 1. The number of ketones is 1. The fourth-order valence-corrected chi connectivity index (χ4v) is 5.13. The lowest BCUT2D eigenvalue weighted by Crippen LogP contribution is -2.42. The van der Waals surface area contributed by atoms with Crippen LogP contribution in [0.3, 0.4) is 0 Å². The van der Waals surface area contributed by atoms with Gasteiger partial charge in [-0.05, 0) is 47.6 Å². The molecule has 0 saturated carbocycles. The monoisotopic (exact) mass is 491 g/mol. The van der Waals surface area contributed by atoms with Crippen molar-refractivity contribution in [2.24, 2.45) is 11.3 Å². The van der Waals surface area contributed by atoms with Crippen molar-refractivity contribution in [3.8, 4) is 11.5 Å². The van der Waals surface area contributed by atoms with E-state index in [0.29, 0.717) is 36.0 Å². The highest BCUT2D eigenvalue weighted by atomic mass is 16.5. The van der Waals surface area contributed by atoms with E-state index in [1.807, 2.05) is 47.4 Å². The molecule has 1 atom stereocenters. The van der Waals surface area contributed by atoms with E-state index in [0.717, 1.165) is 29.1 Å². The van der Waals surface area contributed by atoms with Crippen molar-refractivity contribution in [3.05, 3.63) is 59.3 Å². The molecule has 1 aliphatic carbocycles. The summed E-state index contributed by atoms with van der Waals surface area (Å²) in [7, 11) is 3.20. The number of rotatable bonds is 7. The fourth-order valence-electron chi connectivity index (χ4n) is 5.13. The van der Waals surface area contributed by atoms with Gasteiger partial charge in [-0.3, -0.25) is 9.59 Å². The van der Waals surface area contributed by atoms with Gasteiger partial charge in [-0.15, -0.1) is 0 Å². The largest absolute Gasteiger partial charge is 0.493 e. The summed E-state index contributed by atoms with van der Waals surface area (Å²) < 4.78 is 11.1. The summed E-state index contributed by atoms with van der Waals surface area (Å²) in [5, 5.41) is 6.62. The Balaban J connectivity index is 1.91. The van der Waals surface area contributed by atoms with Crippen molar-refractivity contribution in [1.29, 1.82) is 0 Å². The number of carbonyl (C=O) groups excluding carboxylic acids is 2. The van der Waals surface area contributed by atoms with Crippen molar-refractivity contribution >= 4 is 23.1 Å². The number of Topliss-reactive ketones (excluding diaryl/α,β-unsaturated/α-hetero) is 1. The molecule has 2 aromatic carbocycles. The van der Waals surface area contributed by atoms with Crippen LogP contribution in [-0.2, 0) is 9.59 Å². The summed E-state index contributed by atoms with van der Waals surface area (Å²) in [5.74, 6) is 1.53. The third kappa shape index (κ3) is 5.20. The topological polar surface area (TPSA) is 79.9 Å². The molecule has 7 nitrogen and oxygen atoms in total. The number of carbonyl (C=O) groups is 2. The van der Waals surface area contributed by atoms with Crippen LogP contribution < -0.4 is 25.0 Å². The van der Waals surface area contributed by atoms with Crippen molar-refractivity contribution in [1.82, 2.24) is 5.32 Å². The zero-order valence-electron chi connectivity index (χ0n) is 22.1. The quantitative estimate of drug-likeness (QED) is 0.562. The number of ether oxygens (including phenoxy) is 2. The average molecular weight is 492 g/mol. The van der Waals surface area contributed by atoms with Gasteiger partial charge in [0, 0.05) is 24.2 Å². The predicted octanol–water partition coefficient (Wildman–Crippen LogP) is 5.09. The molecule has 1 aliphatic heterocycles. The van der Waals surface area contributed by atoms with Gasteiger partial charge in [-0.25, -0.2) is 0 Å². The molecule has 192 valence electrons. The predicted molar refractivity (Wildman–Crippen MR) is 143 cm³/mol. The summed E-state index contributed by atoms with van der Waals surface area (Å²) in [5.41, 5.74) is 4.07. The summed E-state index contributed by atoms with van der Waals surface area (Å²) in [4.78, 5) is 29.0. The van der Waals surface area contributed by atoms with Crippen molar-refractivity contribution < 1.29 is 19.1 Å². The first-order valence-electron chi connectivity index (χ1n) is 12.5. The van der Waals surface area contributed by atoms with Gasteiger partial charge < -0.3 is 25.0 Å². The van der Waals surface area contributed by atoms with Crippen LogP contribution in [0.15, 0.2) is 53.7 Å². The Morgan fingerprint density at radius 2 is 1.83 bits per heavy atom. The Hall–Kier alpha value is -3.48.